The number of rotatable bonds is 7. The molecule has 2 rings (SSSR count). The molecular formula is C17H24ClIN4OS. The van der Waals surface area contributed by atoms with Crippen LogP contribution in [0.1, 0.15) is 35.4 Å². The van der Waals surface area contributed by atoms with Gasteiger partial charge in [0, 0.05) is 34.7 Å². The van der Waals surface area contributed by atoms with E-state index in [0.717, 1.165) is 18.0 Å². The minimum Gasteiger partial charge on any atom is -0.387 e. The van der Waals surface area contributed by atoms with Crippen molar-refractivity contribution in [1.82, 2.24) is 15.6 Å². The number of aromatic nitrogens is 1. The van der Waals surface area contributed by atoms with Gasteiger partial charge < -0.3 is 15.7 Å². The average Bonchev–Trinajstić information content (AvgIpc) is 3.05. The smallest absolute Gasteiger partial charge is 0.191 e. The maximum absolute atomic E-state index is 10.3. The Morgan fingerprint density at radius 3 is 2.72 bits per heavy atom. The van der Waals surface area contributed by atoms with Gasteiger partial charge >= 0.3 is 0 Å². The zero-order chi connectivity index (χ0) is 17.4. The van der Waals surface area contributed by atoms with Crippen LogP contribution in [0, 0.1) is 0 Å². The van der Waals surface area contributed by atoms with Gasteiger partial charge in [-0.3, -0.25) is 0 Å². The van der Waals surface area contributed by atoms with E-state index in [9.17, 15) is 5.11 Å². The monoisotopic (exact) mass is 494 g/mol. The quantitative estimate of drug-likeness (QED) is 0.311. The summed E-state index contributed by atoms with van der Waals surface area (Å²) >= 11 is 7.79. The lowest BCUT2D eigenvalue weighted by Gasteiger charge is -2.16. The van der Waals surface area contributed by atoms with Crippen molar-refractivity contribution in [2.75, 3.05) is 13.1 Å². The molecule has 0 fully saturated rings. The maximum atomic E-state index is 10.3. The van der Waals surface area contributed by atoms with Gasteiger partial charge in [-0.2, -0.15) is 0 Å². The van der Waals surface area contributed by atoms with Crippen LogP contribution in [0.5, 0.6) is 0 Å². The first-order valence-corrected chi connectivity index (χ1v) is 9.21. The molecule has 0 aliphatic carbocycles. The number of aliphatic hydroxyl groups excluding tert-OH is 1. The number of aliphatic hydroxyl groups is 1. The zero-order valence-electron chi connectivity index (χ0n) is 14.3. The molecule has 0 saturated carbocycles. The van der Waals surface area contributed by atoms with E-state index < -0.39 is 6.10 Å². The number of guanidine groups is 1. The molecule has 1 aromatic carbocycles. The van der Waals surface area contributed by atoms with Crippen molar-refractivity contribution < 1.29 is 5.11 Å². The van der Waals surface area contributed by atoms with E-state index >= 15 is 0 Å². The van der Waals surface area contributed by atoms with Gasteiger partial charge in [-0.25, -0.2) is 9.98 Å². The summed E-state index contributed by atoms with van der Waals surface area (Å²) in [4.78, 5) is 10.1. The van der Waals surface area contributed by atoms with E-state index in [1.54, 1.807) is 17.4 Å². The van der Waals surface area contributed by atoms with Crippen molar-refractivity contribution in [2.24, 2.45) is 4.99 Å². The van der Waals surface area contributed by atoms with E-state index in [-0.39, 0.29) is 24.0 Å². The number of benzene rings is 1. The number of hydrogen-bond acceptors (Lipinski definition) is 4. The molecule has 1 heterocycles. The second-order valence-corrected chi connectivity index (χ2v) is 6.79. The van der Waals surface area contributed by atoms with Crippen molar-refractivity contribution in [2.45, 2.75) is 32.9 Å². The lowest BCUT2D eigenvalue weighted by Crippen LogP contribution is -2.39. The number of halogens is 2. The number of aryl methyl sites for hydroxylation is 1. The molecule has 0 amide bonds. The summed E-state index contributed by atoms with van der Waals surface area (Å²) in [5, 5.41) is 18.2. The SMILES string of the molecule is CCNC(=NCc1ncc(CC)s1)NCC(O)c1ccccc1Cl.I. The molecule has 0 bridgehead atoms. The third-order valence-corrected chi connectivity index (χ3v) is 4.86. The van der Waals surface area contributed by atoms with Gasteiger partial charge in [0.2, 0.25) is 0 Å². The molecule has 0 saturated heterocycles. The highest BCUT2D eigenvalue weighted by atomic mass is 127. The van der Waals surface area contributed by atoms with Crippen molar-refractivity contribution in [3.8, 4) is 0 Å². The highest BCUT2D eigenvalue weighted by molar-refractivity contribution is 14.0. The van der Waals surface area contributed by atoms with E-state index in [1.165, 1.54) is 4.88 Å². The molecule has 25 heavy (non-hydrogen) atoms. The van der Waals surface area contributed by atoms with Crippen LogP contribution < -0.4 is 10.6 Å². The Hall–Kier alpha value is -0.900. The molecule has 0 spiro atoms. The van der Waals surface area contributed by atoms with Crippen molar-refractivity contribution >= 4 is 52.9 Å². The number of aliphatic imine (C=N–C) groups is 1. The fraction of sp³-hybridized carbons (Fsp3) is 0.412. The molecule has 3 N–H and O–H groups in total. The topological polar surface area (TPSA) is 69.5 Å². The highest BCUT2D eigenvalue weighted by Crippen LogP contribution is 2.21. The van der Waals surface area contributed by atoms with Gasteiger partial charge in [-0.1, -0.05) is 36.7 Å². The van der Waals surface area contributed by atoms with Crippen LogP contribution in [0.3, 0.4) is 0 Å². The first-order chi connectivity index (χ1) is 11.6. The highest BCUT2D eigenvalue weighted by Gasteiger charge is 2.11. The first-order valence-electron chi connectivity index (χ1n) is 8.02. The van der Waals surface area contributed by atoms with Crippen LogP contribution in [0.4, 0.5) is 0 Å². The molecule has 1 unspecified atom stereocenters. The predicted molar refractivity (Wildman–Crippen MR) is 116 cm³/mol. The molecular weight excluding hydrogens is 471 g/mol. The summed E-state index contributed by atoms with van der Waals surface area (Å²) in [6.45, 7) is 5.70. The Bertz CT molecular complexity index is 680. The number of hydrogen-bond donors (Lipinski definition) is 3. The molecule has 5 nitrogen and oxygen atoms in total. The van der Waals surface area contributed by atoms with E-state index in [1.807, 2.05) is 31.3 Å². The molecule has 0 aliphatic heterocycles. The van der Waals surface area contributed by atoms with Crippen LogP contribution in [-0.2, 0) is 13.0 Å². The van der Waals surface area contributed by atoms with E-state index in [4.69, 9.17) is 11.6 Å². The number of nitrogens with one attached hydrogen (secondary N) is 2. The Balaban J connectivity index is 0.00000312. The first kappa shape index (κ1) is 22.1. The second kappa shape index (κ2) is 11.7. The zero-order valence-corrected chi connectivity index (χ0v) is 18.2. The minimum absolute atomic E-state index is 0. The maximum Gasteiger partial charge on any atom is 0.191 e. The average molecular weight is 495 g/mol. The second-order valence-electron chi connectivity index (χ2n) is 5.19. The van der Waals surface area contributed by atoms with E-state index in [2.05, 4.69) is 27.5 Å². The molecule has 1 atom stereocenters. The summed E-state index contributed by atoms with van der Waals surface area (Å²) < 4.78 is 0. The van der Waals surface area contributed by atoms with Crippen LogP contribution in [0.25, 0.3) is 0 Å². The fourth-order valence-electron chi connectivity index (χ4n) is 2.12. The summed E-state index contributed by atoms with van der Waals surface area (Å²) in [5.41, 5.74) is 0.704. The minimum atomic E-state index is -0.700. The van der Waals surface area contributed by atoms with Crippen LogP contribution in [0.2, 0.25) is 5.02 Å². The lowest BCUT2D eigenvalue weighted by molar-refractivity contribution is 0.181. The molecule has 138 valence electrons. The Kier molecular flexibility index (Phi) is 10.3. The third kappa shape index (κ3) is 7.08. The Labute approximate surface area is 175 Å². The molecule has 2 aromatic rings. The van der Waals surface area contributed by atoms with Crippen molar-refractivity contribution in [1.29, 1.82) is 0 Å². The van der Waals surface area contributed by atoms with Crippen molar-refractivity contribution in [3.63, 3.8) is 0 Å². The normalized spacial score (nSPS) is 12.4. The number of thiazole rings is 1. The summed E-state index contributed by atoms with van der Waals surface area (Å²) in [6, 6.07) is 7.29. The standard InChI is InChI=1S/C17H23ClN4OS.HI/c1-3-12-9-20-16(24-12)11-22-17(19-4-2)21-10-15(23)13-7-5-6-8-14(13)18;/h5-9,15,23H,3-4,10-11H2,1-2H3,(H2,19,21,22);1H. The van der Waals surface area contributed by atoms with Gasteiger partial charge in [-0.15, -0.1) is 35.3 Å². The largest absolute Gasteiger partial charge is 0.387 e. The lowest BCUT2D eigenvalue weighted by atomic mass is 10.1. The summed E-state index contributed by atoms with van der Waals surface area (Å²) in [6.07, 6.45) is 2.19. The van der Waals surface area contributed by atoms with Crippen LogP contribution in [-0.4, -0.2) is 29.1 Å². The van der Waals surface area contributed by atoms with Gasteiger partial charge in [-0.05, 0) is 19.4 Å². The molecule has 0 aliphatic rings. The van der Waals surface area contributed by atoms with Gasteiger partial charge in [0.05, 0.1) is 12.6 Å². The summed E-state index contributed by atoms with van der Waals surface area (Å²) in [7, 11) is 0. The van der Waals surface area contributed by atoms with Gasteiger partial charge in [0.1, 0.15) is 5.01 Å². The molecule has 1 aromatic heterocycles. The van der Waals surface area contributed by atoms with Gasteiger partial charge in [0.15, 0.2) is 5.96 Å². The van der Waals surface area contributed by atoms with Crippen LogP contribution >= 0.6 is 46.9 Å². The van der Waals surface area contributed by atoms with E-state index in [0.29, 0.717) is 29.6 Å². The Morgan fingerprint density at radius 1 is 1.32 bits per heavy atom. The predicted octanol–water partition coefficient (Wildman–Crippen LogP) is 3.77. The fourth-order valence-corrected chi connectivity index (χ4v) is 3.17. The third-order valence-electron chi connectivity index (χ3n) is 3.39. The van der Waals surface area contributed by atoms with Gasteiger partial charge in [0.25, 0.3) is 0 Å². The Morgan fingerprint density at radius 2 is 2.08 bits per heavy atom. The van der Waals surface area contributed by atoms with Crippen LogP contribution in [0.15, 0.2) is 35.5 Å². The number of nitrogens with zero attached hydrogens (tertiary/aromatic N) is 2. The van der Waals surface area contributed by atoms with Crippen molar-refractivity contribution in [3.05, 3.63) is 50.9 Å². The molecule has 0 radical (unpaired) electrons. The summed E-state index contributed by atoms with van der Waals surface area (Å²) in [5.74, 6) is 0.650. The molecule has 8 heteroatoms.